The lowest BCUT2D eigenvalue weighted by Gasteiger charge is -2.06. The lowest BCUT2D eigenvalue weighted by atomic mass is 10.1. The quantitative estimate of drug-likeness (QED) is 0.506. The van der Waals surface area contributed by atoms with Gasteiger partial charge in [-0.2, -0.15) is 5.10 Å². The van der Waals surface area contributed by atoms with Crippen molar-refractivity contribution in [2.45, 2.75) is 33.1 Å². The minimum Gasteiger partial charge on any atom is -0.326 e. The molecule has 6 heteroatoms. The highest BCUT2D eigenvalue weighted by Crippen LogP contribution is 2.12. The molecule has 0 unspecified atom stereocenters. The maximum absolute atomic E-state index is 12.2. The summed E-state index contributed by atoms with van der Waals surface area (Å²) < 4.78 is 0.986. The molecule has 2 rings (SSSR count). The Labute approximate surface area is 162 Å². The first-order valence-electron chi connectivity index (χ1n) is 8.50. The molecular formula is C20H22BrN3O2. The van der Waals surface area contributed by atoms with Crippen LogP contribution in [0, 0.1) is 0 Å². The molecular weight excluding hydrogens is 394 g/mol. The predicted octanol–water partition coefficient (Wildman–Crippen LogP) is 4.73. The molecule has 2 aromatic rings. The van der Waals surface area contributed by atoms with Gasteiger partial charge in [-0.05, 0) is 55.3 Å². The van der Waals surface area contributed by atoms with Crippen LogP contribution in [-0.4, -0.2) is 17.5 Å². The van der Waals surface area contributed by atoms with E-state index in [1.807, 2.05) is 38.1 Å². The fourth-order valence-electron chi connectivity index (χ4n) is 2.22. The van der Waals surface area contributed by atoms with Gasteiger partial charge in [0.1, 0.15) is 0 Å². The van der Waals surface area contributed by atoms with Gasteiger partial charge in [-0.1, -0.05) is 41.4 Å². The van der Waals surface area contributed by atoms with Gasteiger partial charge in [0, 0.05) is 22.1 Å². The fraction of sp³-hybridized carbons (Fsp3) is 0.250. The molecule has 0 bridgehead atoms. The van der Waals surface area contributed by atoms with Crippen molar-refractivity contribution in [3.63, 3.8) is 0 Å². The molecule has 0 saturated heterocycles. The lowest BCUT2D eigenvalue weighted by molar-refractivity contribution is -0.116. The molecule has 2 aromatic carbocycles. The van der Waals surface area contributed by atoms with E-state index in [1.165, 1.54) is 0 Å². The third-order valence-electron chi connectivity index (χ3n) is 3.78. The van der Waals surface area contributed by atoms with Crippen molar-refractivity contribution >= 4 is 39.1 Å². The molecule has 0 fully saturated rings. The van der Waals surface area contributed by atoms with Crippen molar-refractivity contribution in [3.8, 4) is 0 Å². The highest BCUT2D eigenvalue weighted by atomic mass is 79.9. The Kier molecular flexibility index (Phi) is 7.53. The maximum atomic E-state index is 12.2. The minimum absolute atomic E-state index is 0.0150. The van der Waals surface area contributed by atoms with Crippen LogP contribution in [0.3, 0.4) is 0 Å². The first-order valence-corrected chi connectivity index (χ1v) is 9.29. The summed E-state index contributed by atoms with van der Waals surface area (Å²) in [5.74, 6) is -0.316. The number of hydrazone groups is 1. The Balaban J connectivity index is 1.94. The molecule has 0 aliphatic heterocycles. The Bertz CT molecular complexity index is 784. The van der Waals surface area contributed by atoms with Gasteiger partial charge in [0.15, 0.2) is 0 Å². The van der Waals surface area contributed by atoms with Crippen LogP contribution in [-0.2, 0) is 4.79 Å². The Morgan fingerprint density at radius 3 is 2.23 bits per heavy atom. The summed E-state index contributed by atoms with van der Waals surface area (Å²) in [6, 6.07) is 14.4. The average molecular weight is 416 g/mol. The summed E-state index contributed by atoms with van der Waals surface area (Å²) in [7, 11) is 0. The molecule has 0 aliphatic rings. The Morgan fingerprint density at radius 1 is 1.00 bits per heavy atom. The summed E-state index contributed by atoms with van der Waals surface area (Å²) in [5.41, 5.74) is 5.35. The SMILES string of the molecule is CCCCC(=O)Nc1ccc(C(=O)NN=C(C)c2ccc(Br)cc2)cc1. The van der Waals surface area contributed by atoms with E-state index in [9.17, 15) is 9.59 Å². The Hall–Kier alpha value is -2.47. The topological polar surface area (TPSA) is 70.6 Å². The molecule has 0 atom stereocenters. The molecule has 5 nitrogen and oxygen atoms in total. The first kappa shape index (κ1) is 19.8. The monoisotopic (exact) mass is 415 g/mol. The average Bonchev–Trinajstić information content (AvgIpc) is 2.65. The minimum atomic E-state index is -0.301. The number of anilines is 1. The number of nitrogens with one attached hydrogen (secondary N) is 2. The third kappa shape index (κ3) is 6.11. The standard InChI is InChI=1S/C20H22BrN3O2/c1-3-4-5-19(25)22-18-12-8-16(9-13-18)20(26)24-23-14(2)15-6-10-17(21)11-7-15/h6-13H,3-5H2,1-2H3,(H,22,25)(H,24,26). The van der Waals surface area contributed by atoms with Crippen molar-refractivity contribution in [3.05, 3.63) is 64.1 Å². The van der Waals surface area contributed by atoms with Gasteiger partial charge < -0.3 is 5.32 Å². The number of rotatable bonds is 7. The van der Waals surface area contributed by atoms with E-state index >= 15 is 0 Å². The number of unbranched alkanes of at least 4 members (excludes halogenated alkanes) is 1. The fourth-order valence-corrected chi connectivity index (χ4v) is 2.48. The van der Waals surface area contributed by atoms with Crippen LogP contribution in [0.15, 0.2) is 58.1 Å². The van der Waals surface area contributed by atoms with Crippen LogP contribution in [0.4, 0.5) is 5.69 Å². The smallest absolute Gasteiger partial charge is 0.271 e. The highest BCUT2D eigenvalue weighted by molar-refractivity contribution is 9.10. The van der Waals surface area contributed by atoms with Gasteiger partial charge in [-0.15, -0.1) is 0 Å². The van der Waals surface area contributed by atoms with Crippen LogP contribution in [0.25, 0.3) is 0 Å². The molecule has 136 valence electrons. The number of amides is 2. The van der Waals surface area contributed by atoms with Gasteiger partial charge in [-0.25, -0.2) is 5.43 Å². The van der Waals surface area contributed by atoms with Gasteiger partial charge in [-0.3, -0.25) is 9.59 Å². The second-order valence-electron chi connectivity index (χ2n) is 5.87. The van der Waals surface area contributed by atoms with Gasteiger partial charge in [0.25, 0.3) is 5.91 Å². The van der Waals surface area contributed by atoms with Crippen LogP contribution >= 0.6 is 15.9 Å². The molecule has 0 spiro atoms. The van der Waals surface area contributed by atoms with Crippen molar-refractivity contribution in [1.29, 1.82) is 0 Å². The summed E-state index contributed by atoms with van der Waals surface area (Å²) in [5, 5.41) is 6.95. The van der Waals surface area contributed by atoms with Crippen molar-refractivity contribution in [1.82, 2.24) is 5.43 Å². The maximum Gasteiger partial charge on any atom is 0.271 e. The highest BCUT2D eigenvalue weighted by Gasteiger charge is 2.07. The Morgan fingerprint density at radius 2 is 1.62 bits per heavy atom. The normalized spacial score (nSPS) is 11.1. The van der Waals surface area contributed by atoms with Crippen molar-refractivity contribution in [2.24, 2.45) is 5.10 Å². The lowest BCUT2D eigenvalue weighted by Crippen LogP contribution is -2.19. The van der Waals surface area contributed by atoms with E-state index in [0.29, 0.717) is 23.4 Å². The van der Waals surface area contributed by atoms with Crippen molar-refractivity contribution in [2.75, 3.05) is 5.32 Å². The van der Waals surface area contributed by atoms with E-state index in [4.69, 9.17) is 0 Å². The number of hydrogen-bond donors (Lipinski definition) is 2. The molecule has 0 heterocycles. The number of hydrogen-bond acceptors (Lipinski definition) is 3. The second kappa shape index (κ2) is 9.87. The van der Waals surface area contributed by atoms with Crippen LogP contribution < -0.4 is 10.7 Å². The predicted molar refractivity (Wildman–Crippen MR) is 108 cm³/mol. The van der Waals surface area contributed by atoms with E-state index in [-0.39, 0.29) is 11.8 Å². The van der Waals surface area contributed by atoms with Gasteiger partial charge >= 0.3 is 0 Å². The molecule has 2 amide bonds. The zero-order valence-corrected chi connectivity index (χ0v) is 16.5. The molecule has 26 heavy (non-hydrogen) atoms. The van der Waals surface area contributed by atoms with Crippen molar-refractivity contribution < 1.29 is 9.59 Å². The summed E-state index contributed by atoms with van der Waals surface area (Å²) in [6.07, 6.45) is 2.34. The molecule has 0 aliphatic carbocycles. The number of carbonyl (C=O) groups is 2. The number of carbonyl (C=O) groups excluding carboxylic acids is 2. The number of benzene rings is 2. The largest absolute Gasteiger partial charge is 0.326 e. The molecule has 2 N–H and O–H groups in total. The summed E-state index contributed by atoms with van der Waals surface area (Å²) in [4.78, 5) is 23.9. The van der Waals surface area contributed by atoms with Crippen LogP contribution in [0.1, 0.15) is 49.0 Å². The van der Waals surface area contributed by atoms with E-state index in [0.717, 1.165) is 22.9 Å². The number of nitrogens with zero attached hydrogens (tertiary/aromatic N) is 1. The zero-order chi connectivity index (χ0) is 18.9. The van der Waals surface area contributed by atoms with E-state index in [1.54, 1.807) is 24.3 Å². The van der Waals surface area contributed by atoms with Gasteiger partial charge in [0.05, 0.1) is 5.71 Å². The number of halogens is 1. The zero-order valence-electron chi connectivity index (χ0n) is 14.9. The van der Waals surface area contributed by atoms with Crippen LogP contribution in [0.2, 0.25) is 0 Å². The molecule has 0 saturated carbocycles. The molecule has 0 radical (unpaired) electrons. The van der Waals surface area contributed by atoms with Gasteiger partial charge in [0.2, 0.25) is 5.91 Å². The van der Waals surface area contributed by atoms with E-state index in [2.05, 4.69) is 31.8 Å². The summed E-state index contributed by atoms with van der Waals surface area (Å²) >= 11 is 3.38. The van der Waals surface area contributed by atoms with Crippen LogP contribution in [0.5, 0.6) is 0 Å². The van der Waals surface area contributed by atoms with E-state index < -0.39 is 0 Å². The summed E-state index contributed by atoms with van der Waals surface area (Å²) in [6.45, 7) is 3.88. The third-order valence-corrected chi connectivity index (χ3v) is 4.30. The first-order chi connectivity index (χ1) is 12.5. The molecule has 0 aromatic heterocycles. The second-order valence-corrected chi connectivity index (χ2v) is 6.79.